The lowest BCUT2D eigenvalue weighted by Gasteiger charge is -2.20. The number of esters is 1. The van der Waals surface area contributed by atoms with Crippen molar-refractivity contribution in [3.05, 3.63) is 81.0 Å². The Morgan fingerprint density at radius 3 is 2.79 bits per heavy atom. The molecule has 4 rings (SSSR count). The average Bonchev–Trinajstić information content (AvgIpc) is 3.37. The van der Waals surface area contributed by atoms with E-state index >= 15 is 0 Å². The van der Waals surface area contributed by atoms with Gasteiger partial charge in [-0.05, 0) is 38.1 Å². The van der Waals surface area contributed by atoms with Crippen LogP contribution in [0, 0.1) is 10.1 Å². The summed E-state index contributed by atoms with van der Waals surface area (Å²) in [6.45, 7) is 3.23. The molecule has 1 atom stereocenters. The van der Waals surface area contributed by atoms with Crippen LogP contribution in [0.15, 0.2) is 44.0 Å². The normalized spacial score (nSPS) is 15.8. The number of carbonyl (C=O) groups is 1. The third-order valence-corrected chi connectivity index (χ3v) is 6.44. The van der Waals surface area contributed by atoms with Crippen LogP contribution in [-0.2, 0) is 9.53 Å². The molecule has 176 valence electrons. The van der Waals surface area contributed by atoms with Gasteiger partial charge in [0.2, 0.25) is 0 Å². The number of phenols is 1. The molecule has 13 heteroatoms. The molecule has 1 aliphatic rings. The van der Waals surface area contributed by atoms with Crippen molar-refractivity contribution in [3.8, 4) is 5.75 Å². The van der Waals surface area contributed by atoms with Gasteiger partial charge in [0.25, 0.3) is 5.56 Å². The maximum atomic E-state index is 13.2. The lowest BCUT2D eigenvalue weighted by molar-refractivity contribution is -0.402. The molecule has 0 aliphatic carbocycles. The number of furan rings is 1. The number of phenolic OH excluding ortho intramolecular Hbond substituents is 1. The Morgan fingerprint density at radius 1 is 1.41 bits per heavy atom. The molecule has 0 amide bonds. The molecule has 0 saturated carbocycles. The number of thiazole rings is 1. The molecule has 0 fully saturated rings. The minimum atomic E-state index is -1.06. The Bertz CT molecular complexity index is 1550. The van der Waals surface area contributed by atoms with E-state index in [1.807, 2.05) is 0 Å². The molecule has 1 aromatic carbocycles. The number of carbonyl (C=O) groups excluding carboxylic acids is 1. The van der Waals surface area contributed by atoms with Crippen molar-refractivity contribution in [2.24, 2.45) is 4.99 Å². The lowest BCUT2D eigenvalue weighted by Crippen LogP contribution is -2.35. The van der Waals surface area contributed by atoms with Crippen LogP contribution in [0.4, 0.5) is 5.88 Å². The standard InChI is InChI=1S/C21H15Cl2N3O7S/c1-3-32-20(29)16-9(2)25-19(28)14(7-10-6-11(22)8-12(23)18(10)27)34-21(25)24-17(16)13-4-5-15(33-13)26(30)31/h4-8,17,27H,3H2,1-2H3/b14-7-/t17-/m0/s1. The highest BCUT2D eigenvalue weighted by atomic mass is 35.5. The van der Waals surface area contributed by atoms with E-state index in [-0.39, 0.29) is 54.3 Å². The second-order valence-corrected chi connectivity index (χ2v) is 8.90. The molecule has 0 saturated heterocycles. The molecule has 0 bridgehead atoms. The average molecular weight is 524 g/mol. The first kappa shape index (κ1) is 23.7. The highest BCUT2D eigenvalue weighted by Crippen LogP contribution is 2.35. The maximum absolute atomic E-state index is 13.2. The fourth-order valence-corrected chi connectivity index (χ4v) is 4.99. The summed E-state index contributed by atoms with van der Waals surface area (Å²) in [4.78, 5) is 41.0. The zero-order chi connectivity index (χ0) is 24.7. The smallest absolute Gasteiger partial charge is 0.433 e. The van der Waals surface area contributed by atoms with Gasteiger partial charge in [-0.2, -0.15) is 0 Å². The molecule has 0 radical (unpaired) electrons. The van der Waals surface area contributed by atoms with Crippen molar-refractivity contribution in [1.29, 1.82) is 0 Å². The van der Waals surface area contributed by atoms with Gasteiger partial charge >= 0.3 is 11.9 Å². The number of rotatable bonds is 5. The van der Waals surface area contributed by atoms with Crippen LogP contribution in [0.3, 0.4) is 0 Å². The van der Waals surface area contributed by atoms with E-state index in [4.69, 9.17) is 32.4 Å². The molecule has 0 unspecified atom stereocenters. The monoisotopic (exact) mass is 523 g/mol. The predicted molar refractivity (Wildman–Crippen MR) is 125 cm³/mol. The lowest BCUT2D eigenvalue weighted by atomic mass is 10.0. The van der Waals surface area contributed by atoms with E-state index in [1.165, 1.54) is 28.8 Å². The minimum absolute atomic E-state index is 0.0127. The summed E-state index contributed by atoms with van der Waals surface area (Å²) in [5.74, 6) is -1.45. The van der Waals surface area contributed by atoms with Crippen LogP contribution in [0.1, 0.15) is 31.2 Å². The van der Waals surface area contributed by atoms with E-state index in [1.54, 1.807) is 13.8 Å². The van der Waals surface area contributed by atoms with Crippen molar-refractivity contribution in [2.75, 3.05) is 6.61 Å². The van der Waals surface area contributed by atoms with Crippen LogP contribution in [-0.4, -0.2) is 27.2 Å². The molecule has 3 aromatic rings. The van der Waals surface area contributed by atoms with Gasteiger partial charge in [-0.3, -0.25) is 19.5 Å². The highest BCUT2D eigenvalue weighted by molar-refractivity contribution is 7.07. The second kappa shape index (κ2) is 9.09. The van der Waals surface area contributed by atoms with Gasteiger partial charge in [-0.15, -0.1) is 0 Å². The van der Waals surface area contributed by atoms with Crippen LogP contribution in [0.2, 0.25) is 10.0 Å². The third-order valence-electron chi connectivity index (χ3n) is 4.95. The SMILES string of the molecule is CCOC(=O)C1=C(C)n2c(s/c(=C\c3cc(Cl)cc(Cl)c3O)c2=O)=N[C@H]1c1ccc([N+](=O)[O-])o1. The van der Waals surface area contributed by atoms with E-state index in [9.17, 15) is 24.8 Å². The van der Waals surface area contributed by atoms with Crippen molar-refractivity contribution >= 4 is 58.2 Å². The van der Waals surface area contributed by atoms with Crippen molar-refractivity contribution < 1.29 is 24.0 Å². The molecule has 1 aliphatic heterocycles. The van der Waals surface area contributed by atoms with Crippen LogP contribution in [0.25, 0.3) is 11.8 Å². The molecular weight excluding hydrogens is 509 g/mol. The fourth-order valence-electron chi connectivity index (χ4n) is 3.45. The van der Waals surface area contributed by atoms with Crippen LogP contribution in [0.5, 0.6) is 5.75 Å². The minimum Gasteiger partial charge on any atom is -0.506 e. The number of aromatic nitrogens is 1. The zero-order valence-corrected chi connectivity index (χ0v) is 19.9. The number of allylic oxidation sites excluding steroid dienone is 1. The molecule has 2 aromatic heterocycles. The van der Waals surface area contributed by atoms with Gasteiger partial charge in [-0.1, -0.05) is 34.5 Å². The van der Waals surface area contributed by atoms with Crippen molar-refractivity contribution in [1.82, 2.24) is 4.57 Å². The van der Waals surface area contributed by atoms with E-state index in [0.29, 0.717) is 0 Å². The van der Waals surface area contributed by atoms with Gasteiger partial charge < -0.3 is 14.3 Å². The van der Waals surface area contributed by atoms with Crippen molar-refractivity contribution in [2.45, 2.75) is 19.9 Å². The zero-order valence-electron chi connectivity index (χ0n) is 17.6. The number of hydrogen-bond donors (Lipinski definition) is 1. The number of fused-ring (bicyclic) bond motifs is 1. The maximum Gasteiger partial charge on any atom is 0.433 e. The Labute approximate surface area is 204 Å². The molecule has 10 nitrogen and oxygen atoms in total. The number of nitro groups is 1. The topological polar surface area (TPSA) is 137 Å². The molecular formula is C21H15Cl2N3O7S. The van der Waals surface area contributed by atoms with Crippen molar-refractivity contribution in [3.63, 3.8) is 0 Å². The van der Waals surface area contributed by atoms with E-state index < -0.39 is 28.4 Å². The summed E-state index contributed by atoms with van der Waals surface area (Å²) in [5, 5.41) is 21.6. The number of benzene rings is 1. The number of aromatic hydroxyl groups is 1. The summed E-state index contributed by atoms with van der Waals surface area (Å²) < 4.78 is 11.9. The van der Waals surface area contributed by atoms with Gasteiger partial charge in [0.15, 0.2) is 4.80 Å². The Hall–Kier alpha value is -3.41. The Balaban J connectivity index is 1.96. The largest absolute Gasteiger partial charge is 0.506 e. The third kappa shape index (κ3) is 4.13. The van der Waals surface area contributed by atoms with Gasteiger partial charge in [0, 0.05) is 16.3 Å². The van der Waals surface area contributed by atoms with Crippen LogP contribution >= 0.6 is 34.5 Å². The summed E-state index contributed by atoms with van der Waals surface area (Å²) in [7, 11) is 0. The first-order valence-electron chi connectivity index (χ1n) is 9.74. The molecule has 34 heavy (non-hydrogen) atoms. The molecule has 1 N–H and O–H groups in total. The summed E-state index contributed by atoms with van der Waals surface area (Å²) in [5.41, 5.74) is -0.0258. The van der Waals surface area contributed by atoms with E-state index in [0.717, 1.165) is 17.4 Å². The first-order valence-corrected chi connectivity index (χ1v) is 11.3. The van der Waals surface area contributed by atoms with Gasteiger partial charge in [0.05, 0.1) is 27.8 Å². The summed E-state index contributed by atoms with van der Waals surface area (Å²) in [6, 6.07) is 4.25. The van der Waals surface area contributed by atoms with Crippen LogP contribution < -0.4 is 14.9 Å². The summed E-state index contributed by atoms with van der Waals surface area (Å²) in [6.07, 6.45) is 1.41. The number of halogens is 2. The molecule has 0 spiro atoms. The number of ether oxygens (including phenoxy) is 1. The predicted octanol–water partition coefficient (Wildman–Crippen LogP) is 3.42. The fraction of sp³-hybridized carbons (Fsp3) is 0.190. The Kier molecular flexibility index (Phi) is 6.34. The highest BCUT2D eigenvalue weighted by Gasteiger charge is 2.34. The van der Waals surface area contributed by atoms with Gasteiger partial charge in [0.1, 0.15) is 22.5 Å². The molecule has 3 heterocycles. The van der Waals surface area contributed by atoms with Gasteiger partial charge in [-0.25, -0.2) is 9.79 Å². The van der Waals surface area contributed by atoms with E-state index in [2.05, 4.69) is 4.99 Å². The number of hydrogen-bond acceptors (Lipinski definition) is 9. The number of nitrogens with zero attached hydrogens (tertiary/aromatic N) is 3. The first-order chi connectivity index (χ1) is 16.1. The Morgan fingerprint density at radius 2 is 2.15 bits per heavy atom. The second-order valence-electron chi connectivity index (χ2n) is 7.04. The summed E-state index contributed by atoms with van der Waals surface area (Å²) >= 11 is 13.0. The quantitative estimate of drug-likeness (QED) is 0.307.